The van der Waals surface area contributed by atoms with Crippen LogP contribution in [-0.4, -0.2) is 21.8 Å². The summed E-state index contributed by atoms with van der Waals surface area (Å²) in [4.78, 5) is 4.70. The number of phenolic OH excluding ortho intramolecular Hbond substituents is 1. The number of benzene rings is 3. The monoisotopic (exact) mass is 473 g/mol. The summed E-state index contributed by atoms with van der Waals surface area (Å²) in [6.07, 6.45) is 1.34. The Hall–Kier alpha value is -3.62. The second-order valence-corrected chi connectivity index (χ2v) is 8.56. The number of nitrogens with zero attached hydrogens (tertiary/aromatic N) is 1. The van der Waals surface area contributed by atoms with Crippen LogP contribution in [0.1, 0.15) is 23.3 Å². The van der Waals surface area contributed by atoms with E-state index in [0.29, 0.717) is 16.3 Å². The summed E-state index contributed by atoms with van der Waals surface area (Å²) in [5.41, 5.74) is 18.5. The van der Waals surface area contributed by atoms with Gasteiger partial charge in [-0.25, -0.2) is 5.43 Å². The van der Waals surface area contributed by atoms with Gasteiger partial charge < -0.3 is 26.7 Å². The summed E-state index contributed by atoms with van der Waals surface area (Å²) in [5.74, 6) is 0.0811. The van der Waals surface area contributed by atoms with Crippen LogP contribution < -0.4 is 21.9 Å². The standard InChI is InChI=1S/C26H24ClN5O2/c27-17-7-9-24(34)21(11-17)25-19(16-6-8-22-20(10-16)26(28)32-31-22)12-18(13-29-25)30-23(14-33)15-4-2-1-3-5-15/h1-13,23,26,30-34H,14,28H2. The van der Waals surface area contributed by atoms with Crippen LogP contribution in [-0.2, 0) is 0 Å². The molecule has 0 saturated carbocycles. The van der Waals surface area contributed by atoms with Crippen LogP contribution in [0.15, 0.2) is 79.0 Å². The molecule has 0 bridgehead atoms. The molecule has 0 fully saturated rings. The largest absolute Gasteiger partial charge is 0.507 e. The Kier molecular flexibility index (Phi) is 6.08. The van der Waals surface area contributed by atoms with Crippen LogP contribution in [0.3, 0.4) is 0 Å². The first-order chi connectivity index (χ1) is 16.5. The number of aromatic nitrogens is 1. The van der Waals surface area contributed by atoms with E-state index in [4.69, 9.17) is 22.3 Å². The number of hydrogen-bond donors (Lipinski definition) is 6. The highest BCUT2D eigenvalue weighted by atomic mass is 35.5. The molecule has 2 atom stereocenters. The maximum absolute atomic E-state index is 10.6. The highest BCUT2D eigenvalue weighted by Crippen LogP contribution is 2.40. The molecule has 2 unspecified atom stereocenters. The molecule has 1 aliphatic heterocycles. The minimum absolute atomic E-state index is 0.0811. The van der Waals surface area contributed by atoms with Gasteiger partial charge in [-0.3, -0.25) is 4.98 Å². The Bertz CT molecular complexity index is 1330. The summed E-state index contributed by atoms with van der Waals surface area (Å²) in [5, 5.41) is 24.4. The molecule has 0 spiro atoms. The summed E-state index contributed by atoms with van der Waals surface area (Å²) < 4.78 is 0. The molecular weight excluding hydrogens is 450 g/mol. The second-order valence-electron chi connectivity index (χ2n) is 8.12. The number of hydrogen-bond acceptors (Lipinski definition) is 7. The highest BCUT2D eigenvalue weighted by molar-refractivity contribution is 6.31. The van der Waals surface area contributed by atoms with Crippen molar-refractivity contribution in [2.24, 2.45) is 5.73 Å². The van der Waals surface area contributed by atoms with E-state index in [1.54, 1.807) is 24.4 Å². The molecule has 3 aromatic carbocycles. The number of halogens is 1. The van der Waals surface area contributed by atoms with Gasteiger partial charge in [0, 0.05) is 21.7 Å². The predicted octanol–water partition coefficient (Wildman–Crippen LogP) is 4.81. The quantitative estimate of drug-likeness (QED) is 0.238. The third-order valence-corrected chi connectivity index (χ3v) is 6.12. The van der Waals surface area contributed by atoms with Crippen molar-refractivity contribution in [1.29, 1.82) is 0 Å². The van der Waals surface area contributed by atoms with Crippen molar-refractivity contribution in [1.82, 2.24) is 10.4 Å². The third kappa shape index (κ3) is 4.30. The fourth-order valence-electron chi connectivity index (χ4n) is 4.13. The fourth-order valence-corrected chi connectivity index (χ4v) is 4.30. The van der Waals surface area contributed by atoms with E-state index in [-0.39, 0.29) is 24.6 Å². The number of fused-ring (bicyclic) bond motifs is 1. The van der Waals surface area contributed by atoms with Gasteiger partial charge in [0.25, 0.3) is 0 Å². The molecule has 0 radical (unpaired) electrons. The SMILES string of the molecule is NC1NNc2ccc(-c3cc(NC(CO)c4ccccc4)cnc3-c3cc(Cl)ccc3O)cc21. The van der Waals surface area contributed by atoms with Gasteiger partial charge in [0.05, 0.1) is 35.9 Å². The number of aliphatic hydroxyl groups is 1. The first kappa shape index (κ1) is 22.2. The average Bonchev–Trinajstić information content (AvgIpc) is 3.24. The number of hydrazine groups is 1. The van der Waals surface area contributed by atoms with Gasteiger partial charge in [0.2, 0.25) is 0 Å². The molecule has 0 amide bonds. The van der Waals surface area contributed by atoms with Crippen molar-refractivity contribution < 1.29 is 10.2 Å². The number of phenols is 1. The molecule has 2 heterocycles. The van der Waals surface area contributed by atoms with Crippen LogP contribution in [0.5, 0.6) is 5.75 Å². The first-order valence-electron chi connectivity index (χ1n) is 10.9. The lowest BCUT2D eigenvalue weighted by molar-refractivity contribution is 0.276. The van der Waals surface area contributed by atoms with E-state index < -0.39 is 0 Å². The molecule has 1 aliphatic rings. The Morgan fingerprint density at radius 3 is 2.65 bits per heavy atom. The number of aliphatic hydroxyl groups excluding tert-OH is 1. The fraction of sp³-hybridized carbons (Fsp3) is 0.115. The van der Waals surface area contributed by atoms with E-state index >= 15 is 0 Å². The number of nitrogens with two attached hydrogens (primary N) is 1. The van der Waals surface area contributed by atoms with Gasteiger partial charge >= 0.3 is 0 Å². The minimum Gasteiger partial charge on any atom is -0.507 e. The molecular formula is C26H24ClN5O2. The maximum atomic E-state index is 10.6. The predicted molar refractivity (Wildman–Crippen MR) is 135 cm³/mol. The molecule has 1 aromatic heterocycles. The topological polar surface area (TPSA) is 115 Å². The lowest BCUT2D eigenvalue weighted by Crippen LogP contribution is -2.25. The Labute approximate surface area is 202 Å². The third-order valence-electron chi connectivity index (χ3n) is 5.89. The molecule has 7 N–H and O–H groups in total. The summed E-state index contributed by atoms with van der Waals surface area (Å²) in [6.45, 7) is -0.0821. The van der Waals surface area contributed by atoms with Gasteiger partial charge in [-0.05, 0) is 47.5 Å². The van der Waals surface area contributed by atoms with Crippen LogP contribution in [0.2, 0.25) is 5.02 Å². The minimum atomic E-state index is -0.343. The summed E-state index contributed by atoms with van der Waals surface area (Å²) in [6, 6.07) is 22.2. The van der Waals surface area contributed by atoms with Gasteiger partial charge in [-0.2, -0.15) is 0 Å². The zero-order chi connectivity index (χ0) is 23.7. The lowest BCUT2D eigenvalue weighted by Gasteiger charge is -2.20. The van der Waals surface area contributed by atoms with Crippen LogP contribution in [0.25, 0.3) is 22.4 Å². The van der Waals surface area contributed by atoms with Crippen molar-refractivity contribution in [3.05, 3.63) is 95.1 Å². The molecule has 34 heavy (non-hydrogen) atoms. The molecule has 0 saturated heterocycles. The second kappa shape index (κ2) is 9.32. The summed E-state index contributed by atoms with van der Waals surface area (Å²) in [7, 11) is 0. The number of nitrogens with one attached hydrogen (secondary N) is 3. The summed E-state index contributed by atoms with van der Waals surface area (Å²) >= 11 is 6.24. The van der Waals surface area contributed by atoms with E-state index in [1.165, 1.54) is 0 Å². The Morgan fingerprint density at radius 1 is 1.03 bits per heavy atom. The zero-order valence-electron chi connectivity index (χ0n) is 18.2. The van der Waals surface area contributed by atoms with Gasteiger partial charge in [-0.15, -0.1) is 0 Å². The molecule has 8 heteroatoms. The van der Waals surface area contributed by atoms with E-state index in [0.717, 1.165) is 33.6 Å². The molecule has 4 aromatic rings. The Morgan fingerprint density at radius 2 is 1.85 bits per heavy atom. The zero-order valence-corrected chi connectivity index (χ0v) is 18.9. The number of rotatable bonds is 6. The maximum Gasteiger partial charge on any atom is 0.125 e. The van der Waals surface area contributed by atoms with Crippen molar-refractivity contribution >= 4 is 23.0 Å². The molecule has 0 aliphatic carbocycles. The number of pyridine rings is 1. The lowest BCUT2D eigenvalue weighted by atomic mass is 9.96. The number of aromatic hydroxyl groups is 1. The smallest absolute Gasteiger partial charge is 0.125 e. The van der Waals surface area contributed by atoms with E-state index in [2.05, 4.69) is 16.2 Å². The van der Waals surface area contributed by atoms with Gasteiger partial charge in [-0.1, -0.05) is 48.0 Å². The van der Waals surface area contributed by atoms with E-state index in [1.807, 2.05) is 54.6 Å². The molecule has 172 valence electrons. The van der Waals surface area contributed by atoms with Crippen molar-refractivity contribution in [3.63, 3.8) is 0 Å². The Balaban J connectivity index is 1.62. The van der Waals surface area contributed by atoms with Crippen molar-refractivity contribution in [2.75, 3.05) is 17.3 Å². The van der Waals surface area contributed by atoms with Crippen molar-refractivity contribution in [2.45, 2.75) is 12.2 Å². The molecule has 5 rings (SSSR count). The first-order valence-corrected chi connectivity index (χ1v) is 11.2. The van der Waals surface area contributed by atoms with E-state index in [9.17, 15) is 10.2 Å². The van der Waals surface area contributed by atoms with Gasteiger partial charge in [0.1, 0.15) is 11.9 Å². The highest BCUT2D eigenvalue weighted by Gasteiger charge is 2.21. The van der Waals surface area contributed by atoms with Crippen LogP contribution in [0.4, 0.5) is 11.4 Å². The van der Waals surface area contributed by atoms with Crippen LogP contribution >= 0.6 is 11.6 Å². The molecule has 7 nitrogen and oxygen atoms in total. The van der Waals surface area contributed by atoms with Crippen LogP contribution in [0, 0.1) is 0 Å². The number of anilines is 2. The van der Waals surface area contributed by atoms with Crippen molar-refractivity contribution in [3.8, 4) is 28.1 Å². The average molecular weight is 474 g/mol. The normalized spacial score (nSPS) is 15.4. The van der Waals surface area contributed by atoms with Gasteiger partial charge in [0.15, 0.2) is 0 Å².